The van der Waals surface area contributed by atoms with Gasteiger partial charge < -0.3 is 10.1 Å². The Morgan fingerprint density at radius 2 is 2.37 bits per heavy atom. The summed E-state index contributed by atoms with van der Waals surface area (Å²) in [6.07, 6.45) is 1.48. The smallest absolute Gasteiger partial charge is 0.339 e. The van der Waals surface area contributed by atoms with Crippen LogP contribution in [-0.2, 0) is 4.74 Å². The third-order valence-corrected chi connectivity index (χ3v) is 3.26. The molecule has 0 atom stereocenters. The number of thiophene rings is 1. The van der Waals surface area contributed by atoms with Crippen molar-refractivity contribution in [3.8, 4) is 0 Å². The predicted octanol–water partition coefficient (Wildman–Crippen LogP) is 1.71. The van der Waals surface area contributed by atoms with Crippen molar-refractivity contribution in [1.29, 1.82) is 0 Å². The van der Waals surface area contributed by atoms with E-state index in [4.69, 9.17) is 16.3 Å². The quantitative estimate of drug-likeness (QED) is 0.650. The molecule has 0 radical (unpaired) electrons. The summed E-state index contributed by atoms with van der Waals surface area (Å²) in [6.45, 7) is 0.313. The number of esters is 1. The zero-order valence-corrected chi connectivity index (χ0v) is 11.3. The third kappa shape index (κ3) is 3.80. The lowest BCUT2D eigenvalue weighted by atomic mass is 10.3. The summed E-state index contributed by atoms with van der Waals surface area (Å²) in [4.78, 5) is 23.0. The van der Waals surface area contributed by atoms with Crippen LogP contribution in [0.4, 0.5) is 0 Å². The van der Waals surface area contributed by atoms with Crippen LogP contribution in [0.3, 0.4) is 0 Å². The van der Waals surface area contributed by atoms with Crippen LogP contribution in [0.25, 0.3) is 0 Å². The molecule has 0 saturated carbocycles. The molecule has 8 heteroatoms. The highest BCUT2D eigenvalue weighted by Gasteiger charge is 2.10. The monoisotopic (exact) mass is 299 g/mol. The second-order valence-electron chi connectivity index (χ2n) is 3.50. The van der Waals surface area contributed by atoms with Crippen LogP contribution >= 0.6 is 22.9 Å². The molecule has 0 aliphatic rings. The van der Waals surface area contributed by atoms with E-state index in [0.29, 0.717) is 15.6 Å². The lowest BCUT2D eigenvalue weighted by Crippen LogP contribution is -2.28. The summed E-state index contributed by atoms with van der Waals surface area (Å²) in [6, 6.07) is 3.09. The van der Waals surface area contributed by atoms with Gasteiger partial charge in [-0.15, -0.1) is 11.3 Å². The Hall–Kier alpha value is -1.86. The van der Waals surface area contributed by atoms with Crippen LogP contribution in [0, 0.1) is 0 Å². The SMILES string of the molecule is O=C(OCCNC(=O)c1ccn[nH]1)c1csc(Cl)c1. The molecule has 0 fully saturated rings. The fourth-order valence-corrected chi connectivity index (χ4v) is 2.14. The molecule has 0 aromatic carbocycles. The van der Waals surface area contributed by atoms with E-state index in [9.17, 15) is 9.59 Å². The number of aromatic amines is 1. The second kappa shape index (κ2) is 6.35. The van der Waals surface area contributed by atoms with Crippen LogP contribution in [0.2, 0.25) is 4.34 Å². The molecule has 2 N–H and O–H groups in total. The van der Waals surface area contributed by atoms with Gasteiger partial charge in [-0.05, 0) is 12.1 Å². The number of aromatic nitrogens is 2. The van der Waals surface area contributed by atoms with Crippen LogP contribution < -0.4 is 5.32 Å². The van der Waals surface area contributed by atoms with Crippen molar-refractivity contribution in [3.05, 3.63) is 39.3 Å². The molecule has 0 unspecified atom stereocenters. The molecule has 6 nitrogen and oxygen atoms in total. The number of H-pyrrole nitrogens is 1. The lowest BCUT2D eigenvalue weighted by Gasteiger charge is -2.04. The Morgan fingerprint density at radius 3 is 3.00 bits per heavy atom. The summed E-state index contributed by atoms with van der Waals surface area (Å²) in [5, 5.41) is 10.4. The van der Waals surface area contributed by atoms with E-state index in [-0.39, 0.29) is 19.1 Å². The molecule has 0 aliphatic carbocycles. The minimum atomic E-state index is -0.459. The van der Waals surface area contributed by atoms with E-state index in [0.717, 1.165) is 0 Å². The van der Waals surface area contributed by atoms with Gasteiger partial charge in [0.05, 0.1) is 16.4 Å². The number of ether oxygens (including phenoxy) is 1. The average Bonchev–Trinajstić information content (AvgIpc) is 3.04. The van der Waals surface area contributed by atoms with E-state index < -0.39 is 5.97 Å². The van der Waals surface area contributed by atoms with E-state index >= 15 is 0 Å². The minimum Gasteiger partial charge on any atom is -0.460 e. The zero-order valence-electron chi connectivity index (χ0n) is 9.68. The van der Waals surface area contributed by atoms with Gasteiger partial charge >= 0.3 is 5.97 Å². The first-order chi connectivity index (χ1) is 9.16. The van der Waals surface area contributed by atoms with E-state index in [1.807, 2.05) is 0 Å². The van der Waals surface area contributed by atoms with Crippen LogP contribution in [0.15, 0.2) is 23.7 Å². The number of nitrogens with one attached hydrogen (secondary N) is 2. The Balaban J connectivity index is 1.70. The van der Waals surface area contributed by atoms with Crippen molar-refractivity contribution in [1.82, 2.24) is 15.5 Å². The average molecular weight is 300 g/mol. The molecular weight excluding hydrogens is 290 g/mol. The van der Waals surface area contributed by atoms with Crippen molar-refractivity contribution in [2.45, 2.75) is 0 Å². The van der Waals surface area contributed by atoms with Gasteiger partial charge in [0, 0.05) is 11.6 Å². The van der Waals surface area contributed by atoms with Crippen molar-refractivity contribution < 1.29 is 14.3 Å². The maximum absolute atomic E-state index is 11.5. The topological polar surface area (TPSA) is 84.1 Å². The van der Waals surface area contributed by atoms with Gasteiger partial charge in [0.1, 0.15) is 12.3 Å². The fourth-order valence-electron chi connectivity index (χ4n) is 1.29. The van der Waals surface area contributed by atoms with Gasteiger partial charge in [0.2, 0.25) is 0 Å². The second-order valence-corrected chi connectivity index (χ2v) is 5.04. The predicted molar refractivity (Wildman–Crippen MR) is 70.5 cm³/mol. The molecule has 0 spiro atoms. The number of amides is 1. The summed E-state index contributed by atoms with van der Waals surface area (Å²) < 4.78 is 5.51. The highest BCUT2D eigenvalue weighted by atomic mass is 35.5. The number of halogens is 1. The number of hydrogen-bond donors (Lipinski definition) is 2. The number of nitrogens with zero attached hydrogens (tertiary/aromatic N) is 1. The van der Waals surface area contributed by atoms with Gasteiger partial charge in [-0.3, -0.25) is 9.89 Å². The minimum absolute atomic E-state index is 0.0895. The van der Waals surface area contributed by atoms with Crippen molar-refractivity contribution in [2.24, 2.45) is 0 Å². The van der Waals surface area contributed by atoms with Gasteiger partial charge in [0.25, 0.3) is 5.91 Å². The summed E-state index contributed by atoms with van der Waals surface area (Å²) in [5.41, 5.74) is 0.769. The normalized spacial score (nSPS) is 10.2. The number of hydrogen-bond acceptors (Lipinski definition) is 5. The highest BCUT2D eigenvalue weighted by molar-refractivity contribution is 7.14. The molecule has 1 amide bonds. The molecule has 2 aromatic heterocycles. The van der Waals surface area contributed by atoms with E-state index in [2.05, 4.69) is 15.5 Å². The first-order valence-electron chi connectivity index (χ1n) is 5.35. The molecular formula is C11H10ClN3O3S. The van der Waals surface area contributed by atoms with Crippen LogP contribution in [0.1, 0.15) is 20.8 Å². The zero-order chi connectivity index (χ0) is 13.7. The largest absolute Gasteiger partial charge is 0.460 e. The van der Waals surface area contributed by atoms with Gasteiger partial charge in [-0.2, -0.15) is 5.10 Å². The molecule has 0 aliphatic heterocycles. The Morgan fingerprint density at radius 1 is 1.53 bits per heavy atom. The van der Waals surface area contributed by atoms with Gasteiger partial charge in [0.15, 0.2) is 0 Å². The number of carbonyl (C=O) groups excluding carboxylic acids is 2. The summed E-state index contributed by atoms with van der Waals surface area (Å²) in [5.74, 6) is -0.758. The molecule has 0 saturated heterocycles. The molecule has 0 bridgehead atoms. The molecule has 19 heavy (non-hydrogen) atoms. The lowest BCUT2D eigenvalue weighted by molar-refractivity contribution is 0.0503. The number of rotatable bonds is 5. The first kappa shape index (κ1) is 13.6. The van der Waals surface area contributed by atoms with E-state index in [1.54, 1.807) is 11.4 Å². The van der Waals surface area contributed by atoms with Crippen LogP contribution in [0.5, 0.6) is 0 Å². The molecule has 2 heterocycles. The molecule has 2 aromatic rings. The Kier molecular flexibility index (Phi) is 4.53. The Bertz CT molecular complexity index is 568. The highest BCUT2D eigenvalue weighted by Crippen LogP contribution is 2.20. The first-order valence-corrected chi connectivity index (χ1v) is 6.61. The summed E-state index contributed by atoms with van der Waals surface area (Å²) in [7, 11) is 0. The number of carbonyl (C=O) groups is 2. The molecule has 100 valence electrons. The van der Waals surface area contributed by atoms with Crippen LogP contribution in [-0.4, -0.2) is 35.2 Å². The standard InChI is InChI=1S/C11H10ClN3O3S/c12-9-5-7(6-19-9)11(17)18-4-3-13-10(16)8-1-2-14-15-8/h1-2,5-6H,3-4H2,(H,13,16)(H,14,15). The van der Waals surface area contributed by atoms with Crippen molar-refractivity contribution in [3.63, 3.8) is 0 Å². The van der Waals surface area contributed by atoms with Crippen molar-refractivity contribution in [2.75, 3.05) is 13.2 Å². The fraction of sp³-hybridized carbons (Fsp3) is 0.182. The molecule has 2 rings (SSSR count). The van der Waals surface area contributed by atoms with Gasteiger partial charge in [-0.25, -0.2) is 4.79 Å². The van der Waals surface area contributed by atoms with Gasteiger partial charge in [-0.1, -0.05) is 11.6 Å². The van der Waals surface area contributed by atoms with Crippen molar-refractivity contribution >= 4 is 34.8 Å². The maximum atomic E-state index is 11.5. The Labute approximate surface area is 117 Å². The summed E-state index contributed by atoms with van der Waals surface area (Å²) >= 11 is 6.97. The van der Waals surface area contributed by atoms with E-state index in [1.165, 1.54) is 23.6 Å². The third-order valence-electron chi connectivity index (χ3n) is 2.17. The maximum Gasteiger partial charge on any atom is 0.339 e.